The van der Waals surface area contributed by atoms with Crippen molar-refractivity contribution in [1.29, 1.82) is 0 Å². The summed E-state index contributed by atoms with van der Waals surface area (Å²) in [6, 6.07) is 4.94. The molecule has 1 fully saturated rings. The summed E-state index contributed by atoms with van der Waals surface area (Å²) in [5.74, 6) is 0. The van der Waals surface area contributed by atoms with Crippen molar-refractivity contribution in [3.63, 3.8) is 0 Å². The Balaban J connectivity index is 2.07. The van der Waals surface area contributed by atoms with Crippen LogP contribution in [-0.2, 0) is 11.2 Å². The van der Waals surface area contributed by atoms with E-state index in [0.29, 0.717) is 12.1 Å². The molecule has 1 saturated heterocycles. The molecule has 0 aliphatic carbocycles. The van der Waals surface area contributed by atoms with Gasteiger partial charge in [-0.25, -0.2) is 0 Å². The molecule has 0 bridgehead atoms. The second-order valence-electron chi connectivity index (χ2n) is 4.64. The molecule has 96 valence electrons. The fraction of sp³-hybridized carbons (Fsp3) is 0.714. The van der Waals surface area contributed by atoms with Crippen LogP contribution in [0.5, 0.6) is 0 Å². The predicted molar refractivity (Wildman–Crippen MR) is 73.7 cm³/mol. The van der Waals surface area contributed by atoms with Crippen LogP contribution in [0.3, 0.4) is 0 Å². The van der Waals surface area contributed by atoms with Gasteiger partial charge < -0.3 is 10.1 Å². The first-order valence-corrected chi connectivity index (χ1v) is 7.60. The quantitative estimate of drug-likeness (QED) is 0.837. The lowest BCUT2D eigenvalue weighted by Crippen LogP contribution is -2.31. The minimum absolute atomic E-state index is 0.380. The van der Waals surface area contributed by atoms with Gasteiger partial charge in [0.25, 0.3) is 0 Å². The number of thiophene rings is 1. The van der Waals surface area contributed by atoms with Gasteiger partial charge in [-0.05, 0) is 44.4 Å². The van der Waals surface area contributed by atoms with E-state index in [4.69, 9.17) is 4.74 Å². The van der Waals surface area contributed by atoms with Crippen molar-refractivity contribution in [2.75, 3.05) is 13.2 Å². The van der Waals surface area contributed by atoms with E-state index in [1.54, 1.807) is 0 Å². The summed E-state index contributed by atoms with van der Waals surface area (Å²) in [6.07, 6.45) is 5.10. The number of hydrogen-bond acceptors (Lipinski definition) is 3. The average Bonchev–Trinajstić information content (AvgIpc) is 3.00. The largest absolute Gasteiger partial charge is 0.376 e. The molecule has 0 saturated carbocycles. The van der Waals surface area contributed by atoms with Crippen LogP contribution >= 0.6 is 11.3 Å². The van der Waals surface area contributed by atoms with E-state index < -0.39 is 0 Å². The van der Waals surface area contributed by atoms with E-state index in [-0.39, 0.29) is 0 Å². The van der Waals surface area contributed by atoms with Gasteiger partial charge in [0.05, 0.1) is 12.1 Å². The van der Waals surface area contributed by atoms with E-state index in [1.165, 1.54) is 29.0 Å². The van der Waals surface area contributed by atoms with Gasteiger partial charge in [-0.3, -0.25) is 0 Å². The average molecular weight is 253 g/mol. The molecule has 1 aromatic rings. The Morgan fingerprint density at radius 3 is 2.94 bits per heavy atom. The summed E-state index contributed by atoms with van der Waals surface area (Å²) >= 11 is 1.94. The standard InChI is InChI=1S/C14H23NOS/c1-3-9-15-14(12-6-5-10-16-12)13-8-7-11(4-2)17-13/h7-8,12,14-15H,3-6,9-10H2,1-2H3. The minimum Gasteiger partial charge on any atom is -0.376 e. The molecule has 0 spiro atoms. The Bertz CT molecular complexity index is 331. The second kappa shape index (κ2) is 6.53. The summed E-state index contributed by atoms with van der Waals surface area (Å²) in [6.45, 7) is 6.44. The van der Waals surface area contributed by atoms with Gasteiger partial charge in [0, 0.05) is 16.4 Å². The van der Waals surface area contributed by atoms with Crippen molar-refractivity contribution in [2.45, 2.75) is 51.7 Å². The molecule has 1 aliphatic rings. The third kappa shape index (κ3) is 3.30. The SMILES string of the molecule is CCCNC(c1ccc(CC)s1)C1CCCO1. The molecule has 2 rings (SSSR count). The van der Waals surface area contributed by atoms with Crippen molar-refractivity contribution < 1.29 is 4.74 Å². The highest BCUT2D eigenvalue weighted by atomic mass is 32.1. The maximum atomic E-state index is 5.85. The molecule has 0 radical (unpaired) electrons. The van der Waals surface area contributed by atoms with E-state index in [9.17, 15) is 0 Å². The first kappa shape index (κ1) is 13.1. The smallest absolute Gasteiger partial charge is 0.0778 e. The van der Waals surface area contributed by atoms with Crippen LogP contribution in [0.2, 0.25) is 0 Å². The van der Waals surface area contributed by atoms with Gasteiger partial charge in [0.15, 0.2) is 0 Å². The highest BCUT2D eigenvalue weighted by Gasteiger charge is 2.27. The molecular formula is C14H23NOS. The Hall–Kier alpha value is -0.380. The Labute approximate surface area is 108 Å². The molecule has 1 N–H and O–H groups in total. The summed E-state index contributed by atoms with van der Waals surface area (Å²) in [5.41, 5.74) is 0. The van der Waals surface area contributed by atoms with Crippen LogP contribution in [0, 0.1) is 0 Å². The number of ether oxygens (including phenoxy) is 1. The summed E-state index contributed by atoms with van der Waals surface area (Å²) in [4.78, 5) is 2.92. The summed E-state index contributed by atoms with van der Waals surface area (Å²) in [5, 5.41) is 3.65. The lowest BCUT2D eigenvalue weighted by atomic mass is 10.1. The molecule has 1 aliphatic heterocycles. The van der Waals surface area contributed by atoms with Crippen LogP contribution in [0.25, 0.3) is 0 Å². The molecule has 2 heterocycles. The zero-order valence-corrected chi connectivity index (χ0v) is 11.7. The molecule has 2 nitrogen and oxygen atoms in total. The third-order valence-electron chi connectivity index (χ3n) is 3.29. The molecule has 2 atom stereocenters. The zero-order chi connectivity index (χ0) is 12.1. The van der Waals surface area contributed by atoms with Gasteiger partial charge in [0.1, 0.15) is 0 Å². The van der Waals surface area contributed by atoms with E-state index in [1.807, 2.05) is 11.3 Å². The Morgan fingerprint density at radius 1 is 1.47 bits per heavy atom. The number of hydrogen-bond donors (Lipinski definition) is 1. The van der Waals surface area contributed by atoms with Crippen LogP contribution in [0.1, 0.15) is 48.9 Å². The number of aryl methyl sites for hydroxylation is 1. The highest BCUT2D eigenvalue weighted by molar-refractivity contribution is 7.12. The van der Waals surface area contributed by atoms with Crippen LogP contribution in [-0.4, -0.2) is 19.3 Å². The Kier molecular flexibility index (Phi) is 5.01. The molecule has 0 aromatic carbocycles. The van der Waals surface area contributed by atoms with Gasteiger partial charge in [-0.1, -0.05) is 13.8 Å². The van der Waals surface area contributed by atoms with Crippen molar-refractivity contribution >= 4 is 11.3 Å². The molecule has 2 unspecified atom stereocenters. The lowest BCUT2D eigenvalue weighted by Gasteiger charge is -2.23. The second-order valence-corrected chi connectivity index (χ2v) is 5.84. The highest BCUT2D eigenvalue weighted by Crippen LogP contribution is 2.31. The van der Waals surface area contributed by atoms with Crippen molar-refractivity contribution in [1.82, 2.24) is 5.32 Å². The maximum absolute atomic E-state index is 5.85. The molecule has 1 aromatic heterocycles. The van der Waals surface area contributed by atoms with Crippen molar-refractivity contribution in [2.24, 2.45) is 0 Å². The Morgan fingerprint density at radius 2 is 2.35 bits per heavy atom. The fourth-order valence-electron chi connectivity index (χ4n) is 2.33. The third-order valence-corrected chi connectivity index (χ3v) is 4.60. The first-order chi connectivity index (χ1) is 8.35. The monoisotopic (exact) mass is 253 g/mol. The lowest BCUT2D eigenvalue weighted by molar-refractivity contribution is 0.0793. The molecule has 17 heavy (non-hydrogen) atoms. The van der Waals surface area contributed by atoms with Gasteiger partial charge in [-0.2, -0.15) is 0 Å². The summed E-state index contributed by atoms with van der Waals surface area (Å²) in [7, 11) is 0. The molecule has 3 heteroatoms. The molecule has 0 amide bonds. The first-order valence-electron chi connectivity index (χ1n) is 6.78. The van der Waals surface area contributed by atoms with Crippen LogP contribution in [0.4, 0.5) is 0 Å². The maximum Gasteiger partial charge on any atom is 0.0778 e. The number of nitrogens with one attached hydrogen (secondary N) is 1. The molecular weight excluding hydrogens is 230 g/mol. The van der Waals surface area contributed by atoms with E-state index in [0.717, 1.165) is 19.6 Å². The zero-order valence-electron chi connectivity index (χ0n) is 10.9. The normalized spacial score (nSPS) is 21.9. The fourth-order valence-corrected chi connectivity index (χ4v) is 3.41. The topological polar surface area (TPSA) is 21.3 Å². The predicted octanol–water partition coefficient (Wildman–Crippen LogP) is 3.53. The summed E-state index contributed by atoms with van der Waals surface area (Å²) < 4.78 is 5.85. The van der Waals surface area contributed by atoms with Crippen molar-refractivity contribution in [3.05, 3.63) is 21.9 Å². The van der Waals surface area contributed by atoms with Gasteiger partial charge in [-0.15, -0.1) is 11.3 Å². The van der Waals surface area contributed by atoms with E-state index >= 15 is 0 Å². The van der Waals surface area contributed by atoms with Crippen LogP contribution < -0.4 is 5.32 Å². The van der Waals surface area contributed by atoms with Crippen LogP contribution in [0.15, 0.2) is 12.1 Å². The van der Waals surface area contributed by atoms with Gasteiger partial charge in [0.2, 0.25) is 0 Å². The minimum atomic E-state index is 0.380. The van der Waals surface area contributed by atoms with E-state index in [2.05, 4.69) is 31.3 Å². The van der Waals surface area contributed by atoms with Crippen molar-refractivity contribution in [3.8, 4) is 0 Å². The van der Waals surface area contributed by atoms with Gasteiger partial charge >= 0.3 is 0 Å². The number of rotatable bonds is 6.